The molecule has 2 aliphatic heterocycles. The Balaban J connectivity index is 1.07. The van der Waals surface area contributed by atoms with Crippen molar-refractivity contribution < 1.29 is 9.90 Å². The second-order valence-electron chi connectivity index (χ2n) is 12.0. The topological polar surface area (TPSA) is 98.0 Å². The van der Waals surface area contributed by atoms with Crippen molar-refractivity contribution in [3.63, 3.8) is 0 Å². The number of amides is 1. The van der Waals surface area contributed by atoms with Gasteiger partial charge >= 0.3 is 0 Å². The highest BCUT2D eigenvalue weighted by Crippen LogP contribution is 2.38. The lowest BCUT2D eigenvalue weighted by Crippen LogP contribution is -2.45. The quantitative estimate of drug-likeness (QED) is 0.245. The van der Waals surface area contributed by atoms with Crippen molar-refractivity contribution in [3.05, 3.63) is 83.0 Å². The number of halogens is 1. The molecule has 10 heteroatoms. The summed E-state index contributed by atoms with van der Waals surface area (Å²) in [6.45, 7) is 7.75. The third-order valence-electron chi connectivity index (χ3n) is 9.02. The van der Waals surface area contributed by atoms with E-state index in [-0.39, 0.29) is 17.9 Å². The van der Waals surface area contributed by atoms with Crippen molar-refractivity contribution in [3.8, 4) is 0 Å². The molecule has 0 saturated carbocycles. The number of nitrogens with zero attached hydrogens (tertiary/aromatic N) is 5. The van der Waals surface area contributed by atoms with E-state index in [0.29, 0.717) is 23.1 Å². The molecule has 0 aliphatic carbocycles. The molecule has 1 atom stereocenters. The summed E-state index contributed by atoms with van der Waals surface area (Å²) < 4.78 is 1.79. The summed E-state index contributed by atoms with van der Waals surface area (Å²) >= 11 is 6.10. The molecule has 1 amide bonds. The highest BCUT2D eigenvalue weighted by atomic mass is 35.5. The maximum absolute atomic E-state index is 12.7. The van der Waals surface area contributed by atoms with E-state index >= 15 is 0 Å². The number of piperidine rings is 2. The fraction of sp³-hybridized carbons (Fsp3) is 0.424. The Morgan fingerprint density at radius 2 is 1.84 bits per heavy atom. The molecule has 2 aliphatic rings. The summed E-state index contributed by atoms with van der Waals surface area (Å²) in [5.74, 6) is 1.16. The average molecular weight is 602 g/mol. The van der Waals surface area contributed by atoms with Crippen LogP contribution < -0.4 is 15.5 Å². The fourth-order valence-electron chi connectivity index (χ4n) is 6.46. The maximum atomic E-state index is 12.7. The van der Waals surface area contributed by atoms with Gasteiger partial charge in [-0.2, -0.15) is 4.98 Å². The Morgan fingerprint density at radius 1 is 1.07 bits per heavy atom. The van der Waals surface area contributed by atoms with Gasteiger partial charge in [-0.25, -0.2) is 4.52 Å². The van der Waals surface area contributed by atoms with Crippen LogP contribution in [0.2, 0.25) is 5.02 Å². The number of hydrogen-bond acceptors (Lipinski definition) is 7. The van der Waals surface area contributed by atoms with Gasteiger partial charge in [-0.1, -0.05) is 30.7 Å². The maximum Gasteiger partial charge on any atom is 0.251 e. The molecule has 0 radical (unpaired) electrons. The molecule has 0 spiro atoms. The lowest BCUT2D eigenvalue weighted by Gasteiger charge is -2.42. The number of aromatic nitrogens is 3. The Hall–Kier alpha value is -3.66. The molecule has 0 bridgehead atoms. The second kappa shape index (κ2) is 12.9. The predicted molar refractivity (Wildman–Crippen MR) is 172 cm³/mol. The van der Waals surface area contributed by atoms with Crippen LogP contribution in [0.4, 0.5) is 17.3 Å². The Morgan fingerprint density at radius 3 is 2.56 bits per heavy atom. The van der Waals surface area contributed by atoms with Crippen LogP contribution in [0.5, 0.6) is 0 Å². The highest BCUT2D eigenvalue weighted by molar-refractivity contribution is 6.30. The van der Waals surface area contributed by atoms with Crippen molar-refractivity contribution in [1.29, 1.82) is 0 Å². The van der Waals surface area contributed by atoms with E-state index in [1.54, 1.807) is 4.52 Å². The molecule has 6 rings (SSSR count). The van der Waals surface area contributed by atoms with Crippen LogP contribution in [0, 0.1) is 5.92 Å². The predicted octanol–water partition coefficient (Wildman–Crippen LogP) is 5.12. The summed E-state index contributed by atoms with van der Waals surface area (Å²) in [5, 5.41) is 22.1. The first-order valence-electron chi connectivity index (χ1n) is 15.3. The SMILES string of the molecule is CC1CCCN(CCNC(=O)c2ccc(Nc3nc4c(N5CCC(CO)(c6ccc(Cl)cc6)CC5)cccn4n3)cc2)C1. The molecule has 2 aromatic carbocycles. The standard InChI is InChI=1S/C33H40ClN7O2/c1-24-4-2-17-39(22-24)21-16-35-31(43)25-6-12-28(13-7-25)36-32-37-30-29(5-3-18-41(30)38-32)40-19-14-33(23-42,15-20-40)26-8-10-27(34)11-9-26/h3,5-13,18,24,42H,2,4,14-17,19-23H2,1H3,(H,35,43)(H,36,38). The number of carbonyl (C=O) groups is 1. The smallest absolute Gasteiger partial charge is 0.251 e. The van der Waals surface area contributed by atoms with Gasteiger partial charge < -0.3 is 25.5 Å². The van der Waals surface area contributed by atoms with Gasteiger partial charge in [-0.3, -0.25) is 4.79 Å². The van der Waals surface area contributed by atoms with Crippen molar-refractivity contribution >= 4 is 40.5 Å². The molecule has 2 fully saturated rings. The van der Waals surface area contributed by atoms with Crippen LogP contribution in [0.1, 0.15) is 48.5 Å². The van der Waals surface area contributed by atoms with Crippen molar-refractivity contribution in [2.24, 2.45) is 5.92 Å². The molecule has 3 N–H and O–H groups in total. The van der Waals surface area contributed by atoms with Gasteiger partial charge in [0, 0.05) is 60.6 Å². The third-order valence-corrected chi connectivity index (χ3v) is 9.27. The van der Waals surface area contributed by atoms with E-state index in [2.05, 4.69) is 38.5 Å². The molecular formula is C33H40ClN7O2. The van der Waals surface area contributed by atoms with Crippen LogP contribution in [0.3, 0.4) is 0 Å². The summed E-state index contributed by atoms with van der Waals surface area (Å²) in [4.78, 5) is 22.2. The zero-order valence-corrected chi connectivity index (χ0v) is 25.4. The molecule has 1 unspecified atom stereocenters. The monoisotopic (exact) mass is 601 g/mol. The lowest BCUT2D eigenvalue weighted by molar-refractivity contribution is 0.0944. The largest absolute Gasteiger partial charge is 0.395 e. The average Bonchev–Trinajstić information content (AvgIpc) is 3.44. The minimum absolute atomic E-state index is 0.0603. The van der Waals surface area contributed by atoms with Gasteiger partial charge in [0.2, 0.25) is 5.95 Å². The van der Waals surface area contributed by atoms with E-state index in [1.807, 2.05) is 60.8 Å². The van der Waals surface area contributed by atoms with Gasteiger partial charge in [-0.05, 0) is 92.2 Å². The van der Waals surface area contributed by atoms with Crippen molar-refractivity contribution in [1.82, 2.24) is 24.8 Å². The number of carbonyl (C=O) groups excluding carboxylic acids is 1. The van der Waals surface area contributed by atoms with E-state index in [0.717, 1.165) is 74.1 Å². The Bertz CT molecular complexity index is 1530. The number of rotatable bonds is 9. The lowest BCUT2D eigenvalue weighted by atomic mass is 9.73. The number of aliphatic hydroxyl groups is 1. The minimum atomic E-state index is -0.276. The number of aliphatic hydroxyl groups excluding tert-OH is 1. The van der Waals surface area contributed by atoms with E-state index in [4.69, 9.17) is 16.6 Å². The zero-order chi connectivity index (χ0) is 29.8. The first-order valence-corrected chi connectivity index (χ1v) is 15.7. The summed E-state index contributed by atoms with van der Waals surface area (Å²) in [7, 11) is 0. The Kier molecular flexibility index (Phi) is 8.83. The molecule has 2 saturated heterocycles. The first kappa shape index (κ1) is 29.4. The highest BCUT2D eigenvalue weighted by Gasteiger charge is 2.36. The minimum Gasteiger partial charge on any atom is -0.395 e. The number of nitrogens with one attached hydrogen (secondary N) is 2. The van der Waals surface area contributed by atoms with Crippen LogP contribution in [-0.4, -0.2) is 76.4 Å². The number of likely N-dealkylation sites (tertiary alicyclic amines) is 1. The summed E-state index contributed by atoms with van der Waals surface area (Å²) in [6.07, 6.45) is 6.07. The fourth-order valence-corrected chi connectivity index (χ4v) is 6.59. The number of hydrogen-bond donors (Lipinski definition) is 3. The molecule has 226 valence electrons. The summed E-state index contributed by atoms with van der Waals surface area (Å²) in [5.41, 5.74) is 4.07. The van der Waals surface area contributed by atoms with Gasteiger partial charge in [0.25, 0.3) is 5.91 Å². The van der Waals surface area contributed by atoms with Crippen LogP contribution in [0.25, 0.3) is 5.65 Å². The van der Waals surface area contributed by atoms with Crippen molar-refractivity contribution in [2.75, 3.05) is 56.1 Å². The van der Waals surface area contributed by atoms with Crippen LogP contribution >= 0.6 is 11.6 Å². The molecule has 2 aromatic heterocycles. The van der Waals surface area contributed by atoms with Gasteiger partial charge in [0.1, 0.15) is 0 Å². The molecular weight excluding hydrogens is 562 g/mol. The molecule has 4 heterocycles. The van der Waals surface area contributed by atoms with Crippen LogP contribution in [0.15, 0.2) is 66.9 Å². The van der Waals surface area contributed by atoms with Crippen molar-refractivity contribution in [2.45, 2.75) is 38.0 Å². The Labute approximate surface area is 257 Å². The molecule has 4 aromatic rings. The number of benzene rings is 2. The van der Waals surface area contributed by atoms with Crippen LogP contribution in [-0.2, 0) is 5.41 Å². The third kappa shape index (κ3) is 6.64. The number of pyridine rings is 1. The van der Waals surface area contributed by atoms with Gasteiger partial charge in [-0.15, -0.1) is 5.10 Å². The molecule has 43 heavy (non-hydrogen) atoms. The van der Waals surface area contributed by atoms with E-state index in [9.17, 15) is 9.90 Å². The van der Waals surface area contributed by atoms with E-state index in [1.165, 1.54) is 12.8 Å². The normalized spacial score (nSPS) is 19.0. The second-order valence-corrected chi connectivity index (χ2v) is 12.5. The van der Waals surface area contributed by atoms with Gasteiger partial charge in [0.15, 0.2) is 5.65 Å². The number of anilines is 3. The van der Waals surface area contributed by atoms with E-state index < -0.39 is 0 Å². The summed E-state index contributed by atoms with van der Waals surface area (Å²) in [6, 6.07) is 19.3. The van der Waals surface area contributed by atoms with Gasteiger partial charge in [0.05, 0.1) is 12.3 Å². The zero-order valence-electron chi connectivity index (χ0n) is 24.7. The molecule has 9 nitrogen and oxygen atoms in total. The first-order chi connectivity index (χ1) is 20.9. The number of fused-ring (bicyclic) bond motifs is 1.